The van der Waals surface area contributed by atoms with E-state index in [1.807, 2.05) is 0 Å². The molecule has 0 radical (unpaired) electrons. The molecule has 0 saturated heterocycles. The summed E-state index contributed by atoms with van der Waals surface area (Å²) in [5, 5.41) is 2.68. The first kappa shape index (κ1) is 13.0. The minimum absolute atomic E-state index is 0.181. The van der Waals surface area contributed by atoms with Gasteiger partial charge in [0, 0.05) is 36.7 Å². The lowest BCUT2D eigenvalue weighted by Gasteiger charge is -2.06. The van der Waals surface area contributed by atoms with Crippen molar-refractivity contribution in [3.8, 4) is 5.69 Å². The van der Waals surface area contributed by atoms with Crippen molar-refractivity contribution in [1.82, 2.24) is 14.9 Å². The van der Waals surface area contributed by atoms with Crippen molar-refractivity contribution in [2.75, 3.05) is 13.1 Å². The zero-order chi connectivity index (χ0) is 13.7. The van der Waals surface area contributed by atoms with Crippen LogP contribution in [0, 0.1) is 0 Å². The van der Waals surface area contributed by atoms with E-state index in [9.17, 15) is 9.59 Å². The summed E-state index contributed by atoms with van der Waals surface area (Å²) < 4.78 is 1.45. The van der Waals surface area contributed by atoms with E-state index < -0.39 is 0 Å². The standard InChI is InChI=1S/C13H14N4O2/c14-5-6-16-13(19)10-1-3-11(4-2-10)17-8-7-15-9-12(17)18/h1-4,7-9H,5-6,14H2,(H,16,19). The third-order valence-corrected chi connectivity index (χ3v) is 2.56. The van der Waals surface area contributed by atoms with E-state index in [0.717, 1.165) is 0 Å². The van der Waals surface area contributed by atoms with Crippen molar-refractivity contribution in [1.29, 1.82) is 0 Å². The molecule has 2 aromatic rings. The van der Waals surface area contributed by atoms with Crippen molar-refractivity contribution in [2.24, 2.45) is 5.73 Å². The predicted molar refractivity (Wildman–Crippen MR) is 71.2 cm³/mol. The highest BCUT2D eigenvalue weighted by molar-refractivity contribution is 5.94. The van der Waals surface area contributed by atoms with Gasteiger partial charge in [-0.25, -0.2) is 0 Å². The molecule has 6 nitrogen and oxygen atoms in total. The minimum Gasteiger partial charge on any atom is -0.351 e. The van der Waals surface area contributed by atoms with E-state index in [2.05, 4.69) is 10.3 Å². The molecule has 1 heterocycles. The number of nitrogens with two attached hydrogens (primary N) is 1. The lowest BCUT2D eigenvalue weighted by atomic mass is 10.2. The fraction of sp³-hybridized carbons (Fsp3) is 0.154. The van der Waals surface area contributed by atoms with E-state index >= 15 is 0 Å². The number of benzene rings is 1. The number of hydrogen-bond acceptors (Lipinski definition) is 4. The maximum absolute atomic E-state index is 11.7. The third-order valence-electron chi connectivity index (χ3n) is 2.56. The van der Waals surface area contributed by atoms with Gasteiger partial charge in [-0.1, -0.05) is 0 Å². The Balaban J connectivity index is 2.22. The summed E-state index contributed by atoms with van der Waals surface area (Å²) in [6.07, 6.45) is 4.34. The molecule has 0 aliphatic rings. The molecule has 0 fully saturated rings. The van der Waals surface area contributed by atoms with Crippen molar-refractivity contribution < 1.29 is 4.79 Å². The summed E-state index contributed by atoms with van der Waals surface area (Å²) >= 11 is 0. The topological polar surface area (TPSA) is 90.0 Å². The molecule has 0 aliphatic heterocycles. The number of carbonyl (C=O) groups excluding carboxylic acids is 1. The Morgan fingerprint density at radius 2 is 2.05 bits per heavy atom. The Kier molecular flexibility index (Phi) is 4.04. The quantitative estimate of drug-likeness (QED) is 0.802. The van der Waals surface area contributed by atoms with Gasteiger partial charge in [-0.2, -0.15) is 0 Å². The third kappa shape index (κ3) is 3.05. The van der Waals surface area contributed by atoms with Gasteiger partial charge in [0.2, 0.25) is 0 Å². The Hall–Kier alpha value is -2.47. The first-order valence-electron chi connectivity index (χ1n) is 5.84. The smallest absolute Gasteiger partial charge is 0.273 e. The highest BCUT2D eigenvalue weighted by atomic mass is 16.1. The van der Waals surface area contributed by atoms with E-state index in [1.165, 1.54) is 17.0 Å². The molecule has 19 heavy (non-hydrogen) atoms. The van der Waals surface area contributed by atoms with Gasteiger partial charge in [0.1, 0.15) is 0 Å². The maximum atomic E-state index is 11.7. The van der Waals surface area contributed by atoms with Crippen molar-refractivity contribution >= 4 is 5.91 Å². The number of carbonyl (C=O) groups is 1. The molecule has 1 amide bonds. The summed E-state index contributed by atoms with van der Waals surface area (Å²) in [5.74, 6) is -0.181. The molecule has 0 saturated carbocycles. The first-order valence-corrected chi connectivity index (χ1v) is 5.84. The maximum Gasteiger partial charge on any atom is 0.273 e. The van der Waals surface area contributed by atoms with Crippen LogP contribution < -0.4 is 16.6 Å². The summed E-state index contributed by atoms with van der Waals surface area (Å²) in [5.41, 5.74) is 6.30. The zero-order valence-corrected chi connectivity index (χ0v) is 10.2. The Morgan fingerprint density at radius 1 is 1.32 bits per heavy atom. The highest BCUT2D eigenvalue weighted by Crippen LogP contribution is 2.07. The molecule has 0 atom stereocenters. The number of nitrogens with one attached hydrogen (secondary N) is 1. The lowest BCUT2D eigenvalue weighted by Crippen LogP contribution is -2.29. The molecule has 0 aliphatic carbocycles. The molecule has 98 valence electrons. The van der Waals surface area contributed by atoms with Crippen LogP contribution >= 0.6 is 0 Å². The molecule has 0 unspecified atom stereocenters. The highest BCUT2D eigenvalue weighted by Gasteiger charge is 2.05. The molecular formula is C13H14N4O2. The average Bonchev–Trinajstić information content (AvgIpc) is 2.45. The van der Waals surface area contributed by atoms with Gasteiger partial charge in [-0.15, -0.1) is 0 Å². The summed E-state index contributed by atoms with van der Waals surface area (Å²) in [6, 6.07) is 6.74. The Bertz CT molecular complexity index is 619. The van der Waals surface area contributed by atoms with Crippen LogP contribution in [0.2, 0.25) is 0 Å². The second-order valence-electron chi connectivity index (χ2n) is 3.88. The van der Waals surface area contributed by atoms with Crippen LogP contribution in [0.3, 0.4) is 0 Å². The van der Waals surface area contributed by atoms with Crippen LogP contribution in [0.15, 0.2) is 47.7 Å². The van der Waals surface area contributed by atoms with Gasteiger partial charge in [0.25, 0.3) is 11.5 Å². The van der Waals surface area contributed by atoms with Gasteiger partial charge in [0.15, 0.2) is 0 Å². The minimum atomic E-state index is -0.220. The molecule has 1 aromatic heterocycles. The van der Waals surface area contributed by atoms with Crippen molar-refractivity contribution in [3.63, 3.8) is 0 Å². The van der Waals surface area contributed by atoms with Crippen LogP contribution in [-0.2, 0) is 0 Å². The SMILES string of the molecule is NCCNC(=O)c1ccc(-n2ccncc2=O)cc1. The number of rotatable bonds is 4. The average molecular weight is 258 g/mol. The second-order valence-corrected chi connectivity index (χ2v) is 3.88. The molecule has 0 spiro atoms. The van der Waals surface area contributed by atoms with Crippen LogP contribution in [0.25, 0.3) is 5.69 Å². The number of amides is 1. The molecule has 6 heteroatoms. The Labute approximate surface area is 109 Å². The van der Waals surface area contributed by atoms with Crippen molar-refractivity contribution in [3.05, 3.63) is 58.8 Å². The molecule has 1 aromatic carbocycles. The fourth-order valence-corrected chi connectivity index (χ4v) is 1.62. The molecular weight excluding hydrogens is 244 g/mol. The summed E-state index contributed by atoms with van der Waals surface area (Å²) in [4.78, 5) is 27.0. The predicted octanol–water partition coefficient (Wildman–Crippen LogP) is -0.0790. The number of nitrogens with zero attached hydrogens (tertiary/aromatic N) is 2. The Morgan fingerprint density at radius 3 is 2.68 bits per heavy atom. The van der Waals surface area contributed by atoms with Gasteiger partial charge in [-0.05, 0) is 24.3 Å². The van der Waals surface area contributed by atoms with Crippen molar-refractivity contribution in [2.45, 2.75) is 0 Å². The van der Waals surface area contributed by atoms with Gasteiger partial charge in [-0.3, -0.25) is 19.1 Å². The lowest BCUT2D eigenvalue weighted by molar-refractivity contribution is 0.0955. The molecule has 0 bridgehead atoms. The summed E-state index contributed by atoms with van der Waals surface area (Å²) in [6.45, 7) is 0.834. The van der Waals surface area contributed by atoms with Crippen LogP contribution in [-0.4, -0.2) is 28.5 Å². The van der Waals surface area contributed by atoms with Crippen LogP contribution in [0.5, 0.6) is 0 Å². The fourth-order valence-electron chi connectivity index (χ4n) is 1.62. The number of aromatic nitrogens is 2. The number of hydrogen-bond donors (Lipinski definition) is 2. The monoisotopic (exact) mass is 258 g/mol. The van der Waals surface area contributed by atoms with Gasteiger partial charge < -0.3 is 11.1 Å². The van der Waals surface area contributed by atoms with E-state index in [1.54, 1.807) is 30.5 Å². The summed E-state index contributed by atoms with van der Waals surface area (Å²) in [7, 11) is 0. The van der Waals surface area contributed by atoms with Gasteiger partial charge >= 0.3 is 0 Å². The van der Waals surface area contributed by atoms with Crippen LogP contribution in [0.4, 0.5) is 0 Å². The molecule has 3 N–H and O–H groups in total. The second kappa shape index (κ2) is 5.92. The van der Waals surface area contributed by atoms with E-state index in [4.69, 9.17) is 5.73 Å². The molecule has 2 rings (SSSR count). The zero-order valence-electron chi connectivity index (χ0n) is 10.2. The van der Waals surface area contributed by atoms with Crippen LogP contribution in [0.1, 0.15) is 10.4 Å². The van der Waals surface area contributed by atoms with Gasteiger partial charge in [0.05, 0.1) is 6.20 Å². The first-order chi connectivity index (χ1) is 9.22. The van der Waals surface area contributed by atoms with E-state index in [-0.39, 0.29) is 11.5 Å². The normalized spacial score (nSPS) is 10.2. The van der Waals surface area contributed by atoms with E-state index in [0.29, 0.717) is 24.3 Å². The largest absolute Gasteiger partial charge is 0.351 e.